The largest absolute Gasteiger partial charge is 0.460 e. The molecule has 2 N–H and O–H groups in total. The Bertz CT molecular complexity index is 2030. The Kier molecular flexibility index (Phi) is 16.6. The minimum atomic E-state index is -4.52. The van der Waals surface area contributed by atoms with Gasteiger partial charge in [0, 0.05) is 44.1 Å². The molecule has 0 atom stereocenters. The van der Waals surface area contributed by atoms with Crippen LogP contribution in [-0.4, -0.2) is 109 Å². The van der Waals surface area contributed by atoms with Gasteiger partial charge in [0.15, 0.2) is 5.82 Å². The van der Waals surface area contributed by atoms with Crippen molar-refractivity contribution >= 4 is 35.0 Å². The highest BCUT2D eigenvalue weighted by Crippen LogP contribution is 2.31. The minimum Gasteiger partial charge on any atom is -0.460 e. The molecule has 1 aliphatic rings. The molecule has 17 heteroatoms. The first kappa shape index (κ1) is 45.7. The predicted molar refractivity (Wildman–Crippen MR) is 220 cm³/mol. The zero-order valence-electron chi connectivity index (χ0n) is 34.6. The number of ether oxygens (including phenoxy) is 4. The zero-order valence-corrected chi connectivity index (χ0v) is 34.6. The lowest BCUT2D eigenvalue weighted by Crippen LogP contribution is -2.30. The molecule has 1 saturated heterocycles. The van der Waals surface area contributed by atoms with Crippen molar-refractivity contribution in [3.63, 3.8) is 0 Å². The van der Waals surface area contributed by atoms with E-state index < -0.39 is 29.2 Å². The number of carbonyl (C=O) groups excluding carboxylic acids is 3. The summed E-state index contributed by atoms with van der Waals surface area (Å²) in [6, 6.07) is 16.6. The molecule has 2 aromatic carbocycles. The summed E-state index contributed by atoms with van der Waals surface area (Å²) in [5.74, 6) is -1.25. The number of nitrogens with one attached hydrogen (secondary N) is 2. The summed E-state index contributed by atoms with van der Waals surface area (Å²) in [5, 5.41) is 9.88. The molecule has 5 rings (SSSR count). The number of nitrogens with zero attached hydrogens (tertiary/aromatic N) is 5. The number of rotatable bonds is 20. The normalized spacial score (nSPS) is 13.4. The number of esters is 1. The lowest BCUT2D eigenvalue weighted by Gasteiger charge is -2.29. The highest BCUT2D eigenvalue weighted by Gasteiger charge is 2.30. The van der Waals surface area contributed by atoms with Crippen LogP contribution < -0.4 is 15.5 Å². The summed E-state index contributed by atoms with van der Waals surface area (Å²) in [4.78, 5) is 47.9. The van der Waals surface area contributed by atoms with E-state index in [1.54, 1.807) is 24.3 Å². The minimum absolute atomic E-state index is 0.116. The van der Waals surface area contributed by atoms with Crippen molar-refractivity contribution in [2.75, 3.05) is 81.9 Å². The Balaban J connectivity index is 1.12. The monoisotopic (exact) mass is 837 g/mol. The van der Waals surface area contributed by atoms with Gasteiger partial charge in [-0.05, 0) is 95.6 Å². The van der Waals surface area contributed by atoms with Crippen LogP contribution in [0.1, 0.15) is 78.6 Å². The van der Waals surface area contributed by atoms with E-state index in [1.165, 1.54) is 29.1 Å². The molecule has 0 aliphatic carbocycles. The number of carbonyl (C=O) groups is 3. The Hall–Kier alpha value is -5.36. The molecule has 4 aromatic rings. The van der Waals surface area contributed by atoms with Crippen LogP contribution in [0.3, 0.4) is 0 Å². The van der Waals surface area contributed by atoms with Gasteiger partial charge in [0.2, 0.25) is 0 Å². The van der Waals surface area contributed by atoms with Crippen LogP contribution in [0.2, 0.25) is 0 Å². The maximum absolute atomic E-state index is 13.8. The quantitative estimate of drug-likeness (QED) is 0.0701. The van der Waals surface area contributed by atoms with Crippen molar-refractivity contribution in [3.8, 4) is 5.69 Å². The van der Waals surface area contributed by atoms with Crippen molar-refractivity contribution in [2.24, 2.45) is 0 Å². The number of hydrogen-bond donors (Lipinski definition) is 2. The standard InChI is InChI=1S/C43H54F3N7O7/c1-42(2,3)60-39(54)17-22-57-24-26-59-27-25-58-23-21-51(4)30-32-11-9-13-37(47-32)41(56)48-36-15-14-33(52-18-6-5-7-19-52)29-35(36)40(55)49-38-16-20-53(50-38)34-12-8-10-31(28-34)43(44,45)46/h8-16,20,28-29H,5-7,17-19,21-27,30H2,1-4H3,(H,48,56)(H,49,50,55). The third-order valence-corrected chi connectivity index (χ3v) is 9.19. The summed E-state index contributed by atoms with van der Waals surface area (Å²) >= 11 is 0. The summed E-state index contributed by atoms with van der Waals surface area (Å²) in [6.45, 7) is 10.4. The van der Waals surface area contributed by atoms with E-state index in [-0.39, 0.29) is 47.4 Å². The second-order valence-electron chi connectivity index (χ2n) is 15.3. The highest BCUT2D eigenvalue weighted by atomic mass is 19.4. The molecule has 14 nitrogen and oxygen atoms in total. The van der Waals surface area contributed by atoms with Crippen molar-refractivity contribution in [1.82, 2.24) is 19.7 Å². The molecule has 2 aromatic heterocycles. The Morgan fingerprint density at radius 3 is 2.20 bits per heavy atom. The van der Waals surface area contributed by atoms with Gasteiger partial charge in [0.25, 0.3) is 11.8 Å². The van der Waals surface area contributed by atoms with Gasteiger partial charge in [0.1, 0.15) is 11.3 Å². The van der Waals surface area contributed by atoms with Gasteiger partial charge in [-0.15, -0.1) is 0 Å². The van der Waals surface area contributed by atoms with Gasteiger partial charge in [-0.1, -0.05) is 12.1 Å². The molecule has 1 aliphatic heterocycles. The molecule has 0 radical (unpaired) electrons. The average Bonchev–Trinajstić information content (AvgIpc) is 3.68. The average molecular weight is 838 g/mol. The lowest BCUT2D eigenvalue weighted by molar-refractivity contribution is -0.156. The summed E-state index contributed by atoms with van der Waals surface area (Å²) in [6.07, 6.45) is 0.279. The highest BCUT2D eigenvalue weighted by molar-refractivity contribution is 6.12. The van der Waals surface area contributed by atoms with E-state index in [9.17, 15) is 27.6 Å². The first-order chi connectivity index (χ1) is 28.6. The van der Waals surface area contributed by atoms with Crippen LogP contribution >= 0.6 is 0 Å². The molecule has 0 spiro atoms. The number of alkyl halides is 3. The molecule has 3 heterocycles. The van der Waals surface area contributed by atoms with Gasteiger partial charge in [0.05, 0.1) is 74.3 Å². The maximum atomic E-state index is 13.8. The van der Waals surface area contributed by atoms with E-state index in [4.69, 9.17) is 18.9 Å². The number of pyridine rings is 1. The van der Waals surface area contributed by atoms with Gasteiger partial charge >= 0.3 is 12.1 Å². The van der Waals surface area contributed by atoms with Crippen LogP contribution in [-0.2, 0) is 36.5 Å². The Morgan fingerprint density at radius 2 is 1.48 bits per heavy atom. The second-order valence-corrected chi connectivity index (χ2v) is 15.3. The van der Waals surface area contributed by atoms with Gasteiger partial charge < -0.3 is 34.5 Å². The third kappa shape index (κ3) is 14.7. The molecule has 0 bridgehead atoms. The van der Waals surface area contributed by atoms with Crippen molar-refractivity contribution < 1.29 is 46.5 Å². The van der Waals surface area contributed by atoms with Crippen LogP contribution in [0.4, 0.5) is 30.4 Å². The number of hydrogen-bond acceptors (Lipinski definition) is 11. The molecule has 2 amide bonds. The van der Waals surface area contributed by atoms with E-state index in [1.807, 2.05) is 44.9 Å². The lowest BCUT2D eigenvalue weighted by atomic mass is 10.1. The molecule has 1 fully saturated rings. The van der Waals surface area contributed by atoms with E-state index >= 15 is 0 Å². The van der Waals surface area contributed by atoms with Crippen LogP contribution in [0.15, 0.2) is 72.9 Å². The number of aromatic nitrogens is 3. The van der Waals surface area contributed by atoms with Crippen molar-refractivity contribution in [3.05, 3.63) is 95.4 Å². The predicted octanol–water partition coefficient (Wildman–Crippen LogP) is 6.99. The van der Waals surface area contributed by atoms with Crippen molar-refractivity contribution in [1.29, 1.82) is 0 Å². The number of amides is 2. The summed E-state index contributed by atoms with van der Waals surface area (Å²) in [7, 11) is 1.92. The zero-order chi connectivity index (χ0) is 43.1. The third-order valence-electron chi connectivity index (χ3n) is 9.19. The smallest absolute Gasteiger partial charge is 0.416 e. The van der Waals surface area contributed by atoms with Gasteiger partial charge in [-0.3, -0.25) is 19.3 Å². The number of anilines is 3. The van der Waals surface area contributed by atoms with Crippen molar-refractivity contribution in [2.45, 2.75) is 64.8 Å². The number of benzene rings is 2. The number of halogens is 3. The second kappa shape index (κ2) is 21.8. The molecule has 324 valence electrons. The Morgan fingerprint density at radius 1 is 0.783 bits per heavy atom. The Labute approximate surface area is 348 Å². The molecule has 0 unspecified atom stereocenters. The fourth-order valence-electron chi connectivity index (χ4n) is 6.27. The van der Waals surface area contributed by atoms with Gasteiger partial charge in [-0.25, -0.2) is 9.67 Å². The van der Waals surface area contributed by atoms with Gasteiger partial charge in [-0.2, -0.15) is 18.3 Å². The van der Waals surface area contributed by atoms with Crippen LogP contribution in [0.25, 0.3) is 5.69 Å². The van der Waals surface area contributed by atoms with E-state index in [0.29, 0.717) is 51.8 Å². The fraction of sp³-hybridized carbons (Fsp3) is 0.465. The topological polar surface area (TPSA) is 149 Å². The molecular formula is C43H54F3N7O7. The number of likely N-dealkylation sites (N-methyl/N-ethyl adjacent to an activating group) is 1. The summed E-state index contributed by atoms with van der Waals surface area (Å²) < 4.78 is 63.1. The van der Waals surface area contributed by atoms with E-state index in [2.05, 4.69) is 25.6 Å². The molecular weight excluding hydrogens is 784 g/mol. The van der Waals surface area contributed by atoms with E-state index in [0.717, 1.165) is 50.2 Å². The van der Waals surface area contributed by atoms with Crippen LogP contribution in [0.5, 0.6) is 0 Å². The summed E-state index contributed by atoms with van der Waals surface area (Å²) in [5.41, 5.74) is 0.930. The van der Waals surface area contributed by atoms with Crippen LogP contribution in [0, 0.1) is 0 Å². The first-order valence-corrected chi connectivity index (χ1v) is 20.0. The fourth-order valence-corrected chi connectivity index (χ4v) is 6.27. The maximum Gasteiger partial charge on any atom is 0.416 e. The molecule has 0 saturated carbocycles. The number of piperidine rings is 1. The first-order valence-electron chi connectivity index (χ1n) is 20.0. The SMILES string of the molecule is CN(CCOCCOCCOCCC(=O)OC(C)(C)C)Cc1cccc(C(=O)Nc2ccc(N3CCCCC3)cc2C(=O)Nc2ccn(-c3cccc(C(F)(F)F)c3)n2)n1. The molecule has 60 heavy (non-hydrogen) atoms.